The number of nitrogens with one attached hydrogen (secondary N) is 2. The Morgan fingerprint density at radius 3 is 2.32 bits per heavy atom. The second-order valence-electron chi connectivity index (χ2n) is 12.6. The summed E-state index contributed by atoms with van der Waals surface area (Å²) in [5.74, 6) is 0.00396. The van der Waals surface area contributed by atoms with Gasteiger partial charge in [0.05, 0.1) is 43.3 Å². The second kappa shape index (κ2) is 20.5. The van der Waals surface area contributed by atoms with Crippen LogP contribution < -0.4 is 10.6 Å². The van der Waals surface area contributed by atoms with Crippen molar-refractivity contribution in [2.24, 2.45) is 17.8 Å². The Labute approximate surface area is 267 Å². The first-order valence-electron chi connectivity index (χ1n) is 16.4. The number of ether oxygens (including phenoxy) is 2. The topological polar surface area (TPSA) is 100 Å². The molecule has 9 heteroatoms. The second-order valence-corrected chi connectivity index (χ2v) is 12.6. The summed E-state index contributed by atoms with van der Waals surface area (Å²) in [5, 5.41) is 5.79. The molecule has 252 valence electrons. The fourth-order valence-corrected chi connectivity index (χ4v) is 6.45. The molecule has 0 radical (unpaired) electrons. The third kappa shape index (κ3) is 11.5. The van der Waals surface area contributed by atoms with Gasteiger partial charge in [0.25, 0.3) is 0 Å². The van der Waals surface area contributed by atoms with Crippen LogP contribution in [0.25, 0.3) is 0 Å². The van der Waals surface area contributed by atoms with Crippen molar-refractivity contribution in [1.82, 2.24) is 20.4 Å². The molecule has 0 aromatic heterocycles. The summed E-state index contributed by atoms with van der Waals surface area (Å²) in [7, 11) is 6.82. The van der Waals surface area contributed by atoms with E-state index in [4.69, 9.17) is 9.47 Å². The molecule has 1 aliphatic rings. The van der Waals surface area contributed by atoms with E-state index >= 15 is 0 Å². The van der Waals surface area contributed by atoms with E-state index < -0.39 is 6.10 Å². The van der Waals surface area contributed by atoms with Crippen LogP contribution in [0.3, 0.4) is 0 Å². The fourth-order valence-electron chi connectivity index (χ4n) is 6.45. The van der Waals surface area contributed by atoms with Gasteiger partial charge in [-0.15, -0.1) is 0 Å². The molecule has 1 saturated heterocycles. The molecular formula is C35H62N4O5. The minimum Gasteiger partial charge on any atom is -0.379 e. The highest BCUT2D eigenvalue weighted by molar-refractivity contribution is 5.87. The lowest BCUT2D eigenvalue weighted by molar-refractivity contribution is -0.144. The molecule has 9 nitrogen and oxygen atoms in total. The van der Waals surface area contributed by atoms with E-state index in [-0.39, 0.29) is 72.7 Å². The molecule has 0 aliphatic carbocycles. The van der Waals surface area contributed by atoms with Crippen molar-refractivity contribution in [2.45, 2.75) is 110 Å². The van der Waals surface area contributed by atoms with Crippen LogP contribution in [0.4, 0.5) is 0 Å². The molecule has 1 rings (SSSR count). The zero-order valence-electron chi connectivity index (χ0n) is 29.2. The van der Waals surface area contributed by atoms with Gasteiger partial charge in [0.15, 0.2) is 0 Å². The van der Waals surface area contributed by atoms with Crippen LogP contribution in [0.5, 0.6) is 0 Å². The Bertz CT molecular complexity index is 965. The SMILES string of the molecule is C=C/C(=C\C=C/C)CCC(C)C(OC)C1CCCN1C(=O)CC(OC)C(C(C)CC)N(C)C(=O)CNC(=O)C(NC)C(C)C. The van der Waals surface area contributed by atoms with Gasteiger partial charge in [-0.3, -0.25) is 14.4 Å². The van der Waals surface area contributed by atoms with E-state index in [2.05, 4.69) is 44.1 Å². The quantitative estimate of drug-likeness (QED) is 0.191. The van der Waals surface area contributed by atoms with Crippen molar-refractivity contribution < 1.29 is 23.9 Å². The molecule has 0 saturated carbocycles. The molecule has 7 unspecified atom stereocenters. The number of hydrogen-bond donors (Lipinski definition) is 2. The summed E-state index contributed by atoms with van der Waals surface area (Å²) < 4.78 is 12.0. The highest BCUT2D eigenvalue weighted by Gasteiger charge is 2.40. The van der Waals surface area contributed by atoms with E-state index in [1.54, 1.807) is 33.2 Å². The van der Waals surface area contributed by atoms with E-state index in [0.29, 0.717) is 6.54 Å². The highest BCUT2D eigenvalue weighted by Crippen LogP contribution is 2.31. The van der Waals surface area contributed by atoms with Crippen LogP contribution in [-0.2, 0) is 23.9 Å². The predicted octanol–water partition coefficient (Wildman–Crippen LogP) is 4.74. The number of methoxy groups -OCH3 is 2. The Hall–Kier alpha value is -2.49. The van der Waals surface area contributed by atoms with E-state index in [1.807, 2.05) is 43.9 Å². The lowest BCUT2D eigenvalue weighted by Gasteiger charge is -2.39. The lowest BCUT2D eigenvalue weighted by atomic mass is 9.89. The first-order chi connectivity index (χ1) is 20.9. The number of likely N-dealkylation sites (tertiary alicyclic amines) is 1. The minimum atomic E-state index is -0.491. The maximum atomic E-state index is 13.9. The first kappa shape index (κ1) is 39.5. The molecular weight excluding hydrogens is 556 g/mol. The minimum absolute atomic E-state index is 0.00981. The summed E-state index contributed by atoms with van der Waals surface area (Å²) in [6, 6.07) is -0.721. The maximum Gasteiger partial charge on any atom is 0.242 e. The number of amides is 3. The molecule has 1 fully saturated rings. The summed E-state index contributed by atoms with van der Waals surface area (Å²) in [6.45, 7) is 16.8. The van der Waals surface area contributed by atoms with Crippen molar-refractivity contribution in [3.8, 4) is 0 Å². The largest absolute Gasteiger partial charge is 0.379 e. The Morgan fingerprint density at radius 2 is 1.80 bits per heavy atom. The molecule has 7 atom stereocenters. The zero-order chi connectivity index (χ0) is 33.4. The summed E-state index contributed by atoms with van der Waals surface area (Å²) >= 11 is 0. The molecule has 0 aromatic carbocycles. The molecule has 1 heterocycles. The van der Waals surface area contributed by atoms with Crippen molar-refractivity contribution in [3.63, 3.8) is 0 Å². The predicted molar refractivity (Wildman–Crippen MR) is 179 cm³/mol. The zero-order valence-corrected chi connectivity index (χ0v) is 29.2. The van der Waals surface area contributed by atoms with Gasteiger partial charge in [-0.05, 0) is 63.0 Å². The van der Waals surface area contributed by atoms with Gasteiger partial charge in [-0.2, -0.15) is 0 Å². The van der Waals surface area contributed by atoms with E-state index in [0.717, 1.165) is 32.1 Å². The highest BCUT2D eigenvalue weighted by atomic mass is 16.5. The van der Waals surface area contributed by atoms with Gasteiger partial charge in [0.1, 0.15) is 0 Å². The third-order valence-corrected chi connectivity index (χ3v) is 9.29. The van der Waals surface area contributed by atoms with Gasteiger partial charge < -0.3 is 29.9 Å². The lowest BCUT2D eigenvalue weighted by Crippen LogP contribution is -2.55. The summed E-state index contributed by atoms with van der Waals surface area (Å²) in [4.78, 5) is 43.5. The molecule has 0 bridgehead atoms. The third-order valence-electron chi connectivity index (χ3n) is 9.29. The molecule has 0 aromatic rings. The van der Waals surface area contributed by atoms with Gasteiger partial charge in [-0.1, -0.05) is 71.9 Å². The van der Waals surface area contributed by atoms with Crippen molar-refractivity contribution in [1.29, 1.82) is 0 Å². The van der Waals surface area contributed by atoms with Crippen LogP contribution in [0, 0.1) is 17.8 Å². The Morgan fingerprint density at radius 1 is 1.11 bits per heavy atom. The van der Waals surface area contributed by atoms with Crippen LogP contribution in [0.2, 0.25) is 0 Å². The number of nitrogens with zero attached hydrogens (tertiary/aromatic N) is 2. The molecule has 44 heavy (non-hydrogen) atoms. The number of carbonyl (C=O) groups excluding carboxylic acids is 3. The van der Waals surface area contributed by atoms with Gasteiger partial charge in [0, 0.05) is 27.8 Å². The molecule has 2 N–H and O–H groups in total. The fraction of sp³-hybridized carbons (Fsp3) is 0.743. The average Bonchev–Trinajstić information content (AvgIpc) is 3.49. The van der Waals surface area contributed by atoms with Crippen molar-refractivity contribution in [3.05, 3.63) is 36.5 Å². The Balaban J connectivity index is 3.03. The number of likely N-dealkylation sites (N-methyl/N-ethyl adjacent to an activating group) is 2. The number of hydrogen-bond acceptors (Lipinski definition) is 6. The molecule has 1 aliphatic heterocycles. The summed E-state index contributed by atoms with van der Waals surface area (Å²) in [5.41, 5.74) is 1.18. The number of allylic oxidation sites excluding steroid dienone is 5. The maximum absolute atomic E-state index is 13.9. The van der Waals surface area contributed by atoms with Crippen LogP contribution in [-0.4, -0.2) is 99.3 Å². The number of carbonyl (C=O) groups is 3. The van der Waals surface area contributed by atoms with Gasteiger partial charge in [0.2, 0.25) is 17.7 Å². The van der Waals surface area contributed by atoms with Crippen molar-refractivity contribution in [2.75, 3.05) is 41.4 Å². The average molecular weight is 619 g/mol. The van der Waals surface area contributed by atoms with E-state index in [1.165, 1.54) is 5.57 Å². The van der Waals surface area contributed by atoms with E-state index in [9.17, 15) is 14.4 Å². The monoisotopic (exact) mass is 618 g/mol. The van der Waals surface area contributed by atoms with Crippen LogP contribution >= 0.6 is 0 Å². The van der Waals surface area contributed by atoms with Gasteiger partial charge >= 0.3 is 0 Å². The normalized spacial score (nSPS) is 19.8. The van der Waals surface area contributed by atoms with Crippen LogP contribution in [0.1, 0.15) is 80.1 Å². The Kier molecular flexibility index (Phi) is 18.4. The number of rotatable bonds is 20. The molecule has 0 spiro atoms. The summed E-state index contributed by atoms with van der Waals surface area (Å²) in [6.07, 6.45) is 12.1. The molecule has 3 amide bonds. The van der Waals surface area contributed by atoms with Gasteiger partial charge in [-0.25, -0.2) is 0 Å². The van der Waals surface area contributed by atoms with Crippen LogP contribution in [0.15, 0.2) is 36.5 Å². The smallest absolute Gasteiger partial charge is 0.242 e. The standard InChI is InChI=1S/C35H62N4O5/c1-12-15-17-27(14-3)20-19-26(7)34(44-11)28-18-16-21-39(28)30(40)22-29(43-10)33(25(6)13-2)38(9)31(41)23-37-35(42)32(36-8)24(4)5/h12,14-15,17,24-26,28-29,32-34,36H,3,13,16,18-23H2,1-2,4-11H3,(H,37,42)/b15-12-,27-17+. The first-order valence-corrected chi connectivity index (χ1v) is 16.4. The van der Waals surface area contributed by atoms with Crippen molar-refractivity contribution >= 4 is 17.7 Å².